The first-order valence-electron chi connectivity index (χ1n) is 9.43. The maximum Gasteiger partial charge on any atom is 0.528 e. The van der Waals surface area contributed by atoms with Crippen LogP contribution in [0.2, 0.25) is 0 Å². The second-order valence-corrected chi connectivity index (χ2v) is 7.81. The normalized spacial score (nSPS) is 20.2. The fourth-order valence-electron chi connectivity index (χ4n) is 3.02. The monoisotopic (exact) mass is 413 g/mol. The Kier molecular flexibility index (Phi) is 7.74. The van der Waals surface area contributed by atoms with Gasteiger partial charge in [0.1, 0.15) is 17.5 Å². The number of hydrogen-bond donors (Lipinski definition) is 1. The zero-order valence-electron chi connectivity index (χ0n) is 17.1. The standard InChI is InChI=1S/C19H28FN3O6/c1-19(2,3)28-18(24)29-22-10-8-16(15(20)12-22)21-9-7-13-11-14(27-4)5-6-17(13)23(25)26/h5-6,11,15-16,21H,7-10,12H2,1-4H3. The predicted molar refractivity (Wildman–Crippen MR) is 104 cm³/mol. The molecule has 1 N–H and O–H groups in total. The zero-order valence-corrected chi connectivity index (χ0v) is 17.1. The van der Waals surface area contributed by atoms with Gasteiger partial charge in [-0.2, -0.15) is 0 Å². The van der Waals surface area contributed by atoms with Crippen molar-refractivity contribution in [1.29, 1.82) is 0 Å². The van der Waals surface area contributed by atoms with E-state index >= 15 is 0 Å². The molecule has 2 atom stereocenters. The van der Waals surface area contributed by atoms with Crippen LogP contribution < -0.4 is 10.1 Å². The first kappa shape index (κ1) is 22.8. The van der Waals surface area contributed by atoms with Crippen molar-refractivity contribution in [3.8, 4) is 5.75 Å². The summed E-state index contributed by atoms with van der Waals surface area (Å²) in [5.74, 6) is 0.529. The third-order valence-electron chi connectivity index (χ3n) is 4.38. The molecule has 2 unspecified atom stereocenters. The number of nitrogens with one attached hydrogen (secondary N) is 1. The minimum Gasteiger partial charge on any atom is -0.497 e. The van der Waals surface area contributed by atoms with Crippen LogP contribution in [0.3, 0.4) is 0 Å². The Morgan fingerprint density at radius 1 is 1.41 bits per heavy atom. The highest BCUT2D eigenvalue weighted by Gasteiger charge is 2.32. The van der Waals surface area contributed by atoms with Gasteiger partial charge in [-0.05, 0) is 52.3 Å². The molecule has 0 aliphatic carbocycles. The minimum atomic E-state index is -1.26. The summed E-state index contributed by atoms with van der Waals surface area (Å²) in [5.41, 5.74) is -0.164. The summed E-state index contributed by atoms with van der Waals surface area (Å²) in [5, 5.41) is 15.5. The highest BCUT2D eigenvalue weighted by Crippen LogP contribution is 2.24. The number of nitro groups is 1. The van der Waals surface area contributed by atoms with Gasteiger partial charge in [-0.25, -0.2) is 9.18 Å². The highest BCUT2D eigenvalue weighted by molar-refractivity contribution is 5.60. The maximum atomic E-state index is 14.5. The van der Waals surface area contributed by atoms with E-state index in [0.717, 1.165) is 0 Å². The summed E-state index contributed by atoms with van der Waals surface area (Å²) in [7, 11) is 1.49. The number of benzene rings is 1. The van der Waals surface area contributed by atoms with Gasteiger partial charge in [0.2, 0.25) is 0 Å². The summed E-state index contributed by atoms with van der Waals surface area (Å²) < 4.78 is 24.6. The number of carbonyl (C=O) groups is 1. The number of alkyl halides is 1. The smallest absolute Gasteiger partial charge is 0.497 e. The van der Waals surface area contributed by atoms with Gasteiger partial charge < -0.3 is 19.6 Å². The topological polar surface area (TPSA) is 103 Å². The zero-order chi connectivity index (χ0) is 21.6. The van der Waals surface area contributed by atoms with Crippen LogP contribution in [-0.2, 0) is 16.0 Å². The number of methoxy groups -OCH3 is 1. The van der Waals surface area contributed by atoms with E-state index < -0.39 is 28.9 Å². The minimum absolute atomic E-state index is 0.00461. The van der Waals surface area contributed by atoms with Crippen molar-refractivity contribution in [1.82, 2.24) is 10.4 Å². The second kappa shape index (κ2) is 9.84. The van der Waals surface area contributed by atoms with E-state index in [-0.39, 0.29) is 12.2 Å². The summed E-state index contributed by atoms with van der Waals surface area (Å²) in [6.07, 6.45) is -1.34. The third kappa shape index (κ3) is 7.13. The molecule has 1 fully saturated rings. The van der Waals surface area contributed by atoms with Crippen LogP contribution in [0.1, 0.15) is 32.8 Å². The van der Waals surface area contributed by atoms with Gasteiger partial charge in [0.15, 0.2) is 0 Å². The lowest BCUT2D eigenvalue weighted by Crippen LogP contribution is -2.51. The number of nitro benzene ring substituents is 1. The van der Waals surface area contributed by atoms with Crippen molar-refractivity contribution < 1.29 is 28.4 Å². The van der Waals surface area contributed by atoms with Gasteiger partial charge in [-0.1, -0.05) is 0 Å². The molecule has 29 heavy (non-hydrogen) atoms. The van der Waals surface area contributed by atoms with Crippen molar-refractivity contribution in [2.75, 3.05) is 26.7 Å². The number of nitrogens with zero attached hydrogens (tertiary/aromatic N) is 2. The summed E-state index contributed by atoms with van der Waals surface area (Å²) in [6, 6.07) is 4.12. The van der Waals surface area contributed by atoms with Crippen LogP contribution in [0.5, 0.6) is 5.75 Å². The Hall–Kier alpha value is -2.46. The first-order valence-corrected chi connectivity index (χ1v) is 9.43. The van der Waals surface area contributed by atoms with Gasteiger partial charge in [0, 0.05) is 24.2 Å². The molecule has 1 aliphatic heterocycles. The van der Waals surface area contributed by atoms with Crippen LogP contribution in [-0.4, -0.2) is 60.7 Å². The maximum absolute atomic E-state index is 14.5. The van der Waals surface area contributed by atoms with E-state index in [0.29, 0.717) is 37.2 Å². The Balaban J connectivity index is 1.83. The van der Waals surface area contributed by atoms with E-state index in [1.54, 1.807) is 26.8 Å². The summed E-state index contributed by atoms with van der Waals surface area (Å²) >= 11 is 0. The molecule has 0 amide bonds. The molecule has 0 spiro atoms. The number of hydrogen-bond acceptors (Lipinski definition) is 8. The molecule has 1 aromatic carbocycles. The number of piperidine rings is 1. The largest absolute Gasteiger partial charge is 0.528 e. The van der Waals surface area contributed by atoms with E-state index in [2.05, 4.69) is 5.32 Å². The number of ether oxygens (including phenoxy) is 2. The van der Waals surface area contributed by atoms with Crippen LogP contribution in [0.4, 0.5) is 14.9 Å². The molecule has 1 saturated heterocycles. The molecule has 162 valence electrons. The molecule has 1 heterocycles. The van der Waals surface area contributed by atoms with Crippen molar-refractivity contribution in [3.63, 3.8) is 0 Å². The fraction of sp³-hybridized carbons (Fsp3) is 0.632. The molecule has 0 radical (unpaired) electrons. The second-order valence-electron chi connectivity index (χ2n) is 7.81. The van der Waals surface area contributed by atoms with Gasteiger partial charge in [-0.15, -0.1) is 5.06 Å². The van der Waals surface area contributed by atoms with Crippen molar-refractivity contribution >= 4 is 11.8 Å². The SMILES string of the molecule is COc1ccc([N+](=O)[O-])c(CCNC2CCN(OC(=O)OC(C)(C)C)CC2F)c1. The molecule has 0 aromatic heterocycles. The van der Waals surface area contributed by atoms with Crippen molar-refractivity contribution in [2.45, 2.75) is 51.4 Å². The average molecular weight is 413 g/mol. The molecule has 1 aliphatic rings. The third-order valence-corrected chi connectivity index (χ3v) is 4.38. The lowest BCUT2D eigenvalue weighted by Gasteiger charge is -2.34. The molecule has 1 aromatic rings. The Bertz CT molecular complexity index is 724. The predicted octanol–water partition coefficient (Wildman–Crippen LogP) is 3.01. The van der Waals surface area contributed by atoms with Crippen LogP contribution >= 0.6 is 0 Å². The molecule has 0 saturated carbocycles. The number of rotatable bonds is 7. The van der Waals surface area contributed by atoms with Gasteiger partial charge in [-0.3, -0.25) is 10.1 Å². The van der Waals surface area contributed by atoms with E-state index in [4.69, 9.17) is 14.3 Å². The van der Waals surface area contributed by atoms with Gasteiger partial charge in [0.05, 0.1) is 18.6 Å². The first-order chi connectivity index (χ1) is 13.6. The summed E-state index contributed by atoms with van der Waals surface area (Å²) in [4.78, 5) is 27.5. The molecule has 0 bridgehead atoms. The summed E-state index contributed by atoms with van der Waals surface area (Å²) in [6.45, 7) is 5.80. The fourth-order valence-corrected chi connectivity index (χ4v) is 3.02. The molecule has 10 heteroatoms. The van der Waals surface area contributed by atoms with Gasteiger partial charge >= 0.3 is 6.16 Å². The Labute approximate surface area is 169 Å². The van der Waals surface area contributed by atoms with Gasteiger partial charge in [0.25, 0.3) is 5.69 Å². The highest BCUT2D eigenvalue weighted by atomic mass is 19.1. The lowest BCUT2D eigenvalue weighted by molar-refractivity contribution is -0.385. The molecular formula is C19H28FN3O6. The quantitative estimate of drug-likeness (QED) is 0.413. The van der Waals surface area contributed by atoms with E-state index in [1.165, 1.54) is 24.3 Å². The van der Waals surface area contributed by atoms with E-state index in [9.17, 15) is 19.3 Å². The van der Waals surface area contributed by atoms with Crippen LogP contribution in [0, 0.1) is 10.1 Å². The number of hydroxylamine groups is 2. The Morgan fingerprint density at radius 2 is 2.14 bits per heavy atom. The lowest BCUT2D eigenvalue weighted by atomic mass is 10.0. The molecular weight excluding hydrogens is 385 g/mol. The number of carbonyl (C=O) groups excluding carboxylic acids is 1. The molecule has 9 nitrogen and oxygen atoms in total. The van der Waals surface area contributed by atoms with Crippen LogP contribution in [0.15, 0.2) is 18.2 Å². The van der Waals surface area contributed by atoms with Crippen LogP contribution in [0.25, 0.3) is 0 Å². The van der Waals surface area contributed by atoms with Crippen molar-refractivity contribution in [2.24, 2.45) is 0 Å². The van der Waals surface area contributed by atoms with E-state index in [1.807, 2.05) is 0 Å². The average Bonchev–Trinajstić information content (AvgIpc) is 2.61. The molecule has 2 rings (SSSR count). The van der Waals surface area contributed by atoms with Crippen molar-refractivity contribution in [3.05, 3.63) is 33.9 Å². The number of halogens is 1. The Morgan fingerprint density at radius 3 is 2.72 bits per heavy atom.